The van der Waals surface area contributed by atoms with Crippen LogP contribution in [0.2, 0.25) is 5.15 Å². The first-order valence-corrected chi connectivity index (χ1v) is 7.30. The Hall–Kier alpha value is -2.22. The van der Waals surface area contributed by atoms with Crippen molar-refractivity contribution in [2.75, 3.05) is 6.54 Å². The molecule has 24 heavy (non-hydrogen) atoms. The molecule has 0 atom stereocenters. The van der Waals surface area contributed by atoms with E-state index in [-0.39, 0.29) is 12.3 Å². The maximum absolute atomic E-state index is 12.7. The monoisotopic (exact) mass is 361 g/mol. The first-order chi connectivity index (χ1) is 11.2. The first kappa shape index (κ1) is 18.1. The van der Waals surface area contributed by atoms with Gasteiger partial charge in [0.1, 0.15) is 17.5 Å². The van der Waals surface area contributed by atoms with E-state index >= 15 is 0 Å². The van der Waals surface area contributed by atoms with E-state index in [9.17, 15) is 18.0 Å². The highest BCUT2D eigenvalue weighted by atomic mass is 35.5. The average molecular weight is 362 g/mol. The van der Waals surface area contributed by atoms with Crippen LogP contribution < -0.4 is 0 Å². The highest BCUT2D eigenvalue weighted by Crippen LogP contribution is 2.22. The summed E-state index contributed by atoms with van der Waals surface area (Å²) in [5, 5.41) is 4.36. The molecule has 0 aromatic carbocycles. The Labute approximate surface area is 141 Å². The van der Waals surface area contributed by atoms with Crippen LogP contribution >= 0.6 is 11.6 Å². The van der Waals surface area contributed by atoms with Gasteiger partial charge in [0.15, 0.2) is 0 Å². The normalized spacial score (nSPS) is 12.1. The van der Waals surface area contributed by atoms with E-state index in [2.05, 4.69) is 5.10 Å². The molecule has 0 aliphatic heterocycles. The van der Waals surface area contributed by atoms with Gasteiger partial charge >= 0.3 is 6.18 Å². The van der Waals surface area contributed by atoms with Gasteiger partial charge in [-0.1, -0.05) is 11.6 Å². The summed E-state index contributed by atoms with van der Waals surface area (Å²) in [6, 6.07) is 3.04. The number of halogens is 4. The summed E-state index contributed by atoms with van der Waals surface area (Å²) in [6.07, 6.45) is -0.777. The van der Waals surface area contributed by atoms with Gasteiger partial charge in [-0.25, -0.2) is 0 Å². The van der Waals surface area contributed by atoms with Gasteiger partial charge in [0.2, 0.25) is 5.91 Å². The molecule has 0 fully saturated rings. The lowest BCUT2D eigenvalue weighted by molar-refractivity contribution is -0.159. The summed E-state index contributed by atoms with van der Waals surface area (Å²) in [5.74, 6) is -0.542. The Morgan fingerprint density at radius 1 is 1.50 bits per heavy atom. The Morgan fingerprint density at radius 2 is 2.21 bits per heavy atom. The SMILES string of the molecule is Cc1nn(C)c(Cl)c1/C=C/C(=O)N(Cc1ccco1)CC(F)(F)F. The third-order valence-corrected chi connectivity index (χ3v) is 3.65. The van der Waals surface area contributed by atoms with E-state index in [0.717, 1.165) is 6.08 Å². The smallest absolute Gasteiger partial charge is 0.406 e. The van der Waals surface area contributed by atoms with Crippen LogP contribution in [0.3, 0.4) is 0 Å². The molecule has 0 aliphatic carbocycles. The van der Waals surface area contributed by atoms with E-state index < -0.39 is 18.6 Å². The topological polar surface area (TPSA) is 51.3 Å². The van der Waals surface area contributed by atoms with Crippen molar-refractivity contribution in [2.24, 2.45) is 7.05 Å². The van der Waals surface area contributed by atoms with Crippen molar-refractivity contribution in [1.29, 1.82) is 0 Å². The highest BCUT2D eigenvalue weighted by Gasteiger charge is 2.32. The second-order valence-electron chi connectivity index (χ2n) is 5.14. The predicted octanol–water partition coefficient (Wildman–Crippen LogP) is 3.58. The molecule has 0 bridgehead atoms. The summed E-state index contributed by atoms with van der Waals surface area (Å²) in [4.78, 5) is 12.8. The number of aromatic nitrogens is 2. The van der Waals surface area contributed by atoms with E-state index in [1.807, 2.05) is 0 Å². The fraction of sp³-hybridized carbons (Fsp3) is 0.333. The number of aryl methyl sites for hydroxylation is 2. The zero-order valence-corrected chi connectivity index (χ0v) is 13.7. The number of rotatable bonds is 5. The van der Waals surface area contributed by atoms with Crippen LogP contribution in [-0.4, -0.2) is 33.3 Å². The van der Waals surface area contributed by atoms with Crippen LogP contribution in [0, 0.1) is 6.92 Å². The Bertz CT molecular complexity index is 736. The fourth-order valence-electron chi connectivity index (χ4n) is 2.11. The van der Waals surface area contributed by atoms with Gasteiger partial charge in [0, 0.05) is 18.7 Å². The van der Waals surface area contributed by atoms with Crippen molar-refractivity contribution in [3.05, 3.63) is 46.6 Å². The number of hydrogen-bond donors (Lipinski definition) is 0. The van der Waals surface area contributed by atoms with Gasteiger partial charge in [-0.2, -0.15) is 18.3 Å². The van der Waals surface area contributed by atoms with Gasteiger partial charge in [-0.15, -0.1) is 0 Å². The molecule has 0 aliphatic rings. The number of alkyl halides is 3. The van der Waals surface area contributed by atoms with E-state index in [1.54, 1.807) is 20.0 Å². The number of amides is 1. The number of nitrogens with zero attached hydrogens (tertiary/aromatic N) is 3. The Kier molecular flexibility index (Phi) is 5.38. The molecule has 0 saturated carbocycles. The van der Waals surface area contributed by atoms with Crippen molar-refractivity contribution >= 4 is 23.6 Å². The minimum absolute atomic E-state index is 0.261. The molecule has 2 aromatic rings. The number of carbonyl (C=O) groups is 1. The molecule has 1 amide bonds. The number of furan rings is 1. The average Bonchev–Trinajstić information content (AvgIpc) is 3.05. The van der Waals surface area contributed by atoms with Gasteiger partial charge in [0.05, 0.1) is 18.5 Å². The summed E-state index contributed by atoms with van der Waals surface area (Å²) in [7, 11) is 1.63. The third kappa shape index (κ3) is 4.64. The van der Waals surface area contributed by atoms with Gasteiger partial charge in [-0.05, 0) is 25.1 Å². The van der Waals surface area contributed by atoms with Crippen molar-refractivity contribution in [1.82, 2.24) is 14.7 Å². The second kappa shape index (κ2) is 7.12. The van der Waals surface area contributed by atoms with E-state index in [4.69, 9.17) is 16.0 Å². The van der Waals surface area contributed by atoms with Crippen molar-refractivity contribution in [2.45, 2.75) is 19.6 Å². The summed E-state index contributed by atoms with van der Waals surface area (Å²) in [5.41, 5.74) is 1.05. The molecule has 130 valence electrons. The maximum Gasteiger partial charge on any atom is 0.406 e. The zero-order valence-electron chi connectivity index (χ0n) is 13.0. The van der Waals surface area contributed by atoms with Crippen LogP contribution in [0.15, 0.2) is 28.9 Å². The summed E-state index contributed by atoms with van der Waals surface area (Å²) in [6.45, 7) is 0.0262. The summed E-state index contributed by atoms with van der Waals surface area (Å²) < 4.78 is 44.5. The van der Waals surface area contributed by atoms with Crippen molar-refractivity contribution in [3.63, 3.8) is 0 Å². The molecule has 0 radical (unpaired) electrons. The fourth-order valence-corrected chi connectivity index (χ4v) is 2.35. The molecule has 5 nitrogen and oxygen atoms in total. The Balaban J connectivity index is 2.18. The predicted molar refractivity (Wildman–Crippen MR) is 82.2 cm³/mol. The minimum Gasteiger partial charge on any atom is -0.467 e. The molecule has 2 heterocycles. The first-order valence-electron chi connectivity index (χ1n) is 6.92. The maximum atomic E-state index is 12.7. The molecule has 0 N–H and O–H groups in total. The quantitative estimate of drug-likeness (QED) is 0.765. The van der Waals surface area contributed by atoms with Crippen LogP contribution in [0.4, 0.5) is 13.2 Å². The summed E-state index contributed by atoms with van der Waals surface area (Å²) >= 11 is 6.03. The lowest BCUT2D eigenvalue weighted by atomic mass is 10.2. The van der Waals surface area contributed by atoms with Gasteiger partial charge in [0.25, 0.3) is 0 Å². The largest absolute Gasteiger partial charge is 0.467 e. The number of carbonyl (C=O) groups excluding carboxylic acids is 1. The van der Waals surface area contributed by atoms with Crippen molar-refractivity contribution < 1.29 is 22.4 Å². The van der Waals surface area contributed by atoms with Crippen molar-refractivity contribution in [3.8, 4) is 0 Å². The molecular weight excluding hydrogens is 347 g/mol. The molecular formula is C15H15ClF3N3O2. The van der Waals surface area contributed by atoms with E-state index in [1.165, 1.54) is 23.1 Å². The molecule has 0 spiro atoms. The Morgan fingerprint density at radius 3 is 2.71 bits per heavy atom. The van der Waals surface area contributed by atoms with Crippen LogP contribution in [-0.2, 0) is 18.4 Å². The number of hydrogen-bond acceptors (Lipinski definition) is 3. The van der Waals surface area contributed by atoms with Crippen LogP contribution in [0.25, 0.3) is 6.08 Å². The molecule has 2 aromatic heterocycles. The third-order valence-electron chi connectivity index (χ3n) is 3.20. The lowest BCUT2D eigenvalue weighted by Gasteiger charge is -2.21. The van der Waals surface area contributed by atoms with E-state index in [0.29, 0.717) is 21.3 Å². The van der Waals surface area contributed by atoms with Crippen LogP contribution in [0.1, 0.15) is 17.0 Å². The highest BCUT2D eigenvalue weighted by molar-refractivity contribution is 6.31. The minimum atomic E-state index is -4.52. The van der Waals surface area contributed by atoms with Gasteiger partial charge in [-0.3, -0.25) is 9.48 Å². The molecule has 2 rings (SSSR count). The zero-order chi connectivity index (χ0) is 17.9. The standard InChI is InChI=1S/C15H15ClF3N3O2/c1-10-12(14(16)21(2)20-10)5-6-13(23)22(9-15(17,18)19)8-11-4-3-7-24-11/h3-7H,8-9H2,1-2H3/b6-5+. The van der Waals surface area contributed by atoms with Gasteiger partial charge < -0.3 is 9.32 Å². The van der Waals surface area contributed by atoms with Crippen LogP contribution in [0.5, 0.6) is 0 Å². The molecule has 0 unspecified atom stereocenters. The lowest BCUT2D eigenvalue weighted by Crippen LogP contribution is -2.37. The molecule has 0 saturated heterocycles. The molecule has 9 heteroatoms. The second-order valence-corrected chi connectivity index (χ2v) is 5.49.